The van der Waals surface area contributed by atoms with Crippen LogP contribution in [0.5, 0.6) is 0 Å². The summed E-state index contributed by atoms with van der Waals surface area (Å²) in [5.74, 6) is -1.07. The summed E-state index contributed by atoms with van der Waals surface area (Å²) >= 11 is 0. The molecule has 1 aliphatic rings. The number of rotatable bonds is 10. The maximum absolute atomic E-state index is 13.2. The van der Waals surface area contributed by atoms with Gasteiger partial charge in [0.2, 0.25) is 11.8 Å². The lowest BCUT2D eigenvalue weighted by atomic mass is 10.1. The predicted molar refractivity (Wildman–Crippen MR) is 124 cm³/mol. The van der Waals surface area contributed by atoms with Crippen LogP contribution in [0.3, 0.4) is 0 Å². The van der Waals surface area contributed by atoms with Crippen LogP contribution in [0.2, 0.25) is 0 Å². The summed E-state index contributed by atoms with van der Waals surface area (Å²) < 4.78 is 26.3. The van der Waals surface area contributed by atoms with E-state index in [1.54, 1.807) is 12.1 Å². The lowest BCUT2D eigenvalue weighted by Gasteiger charge is -2.30. The second kappa shape index (κ2) is 10.6. The first-order valence-corrected chi connectivity index (χ1v) is 12.5. The number of hydrogen-bond donors (Lipinski definition) is 1. The minimum atomic E-state index is -3.91. The SMILES string of the molecule is CCNC(=O)[C@H](CC)N(Cc1ccccc1)C(=O)CCCN1C(=O)c2ccccc2S1(=O)=O. The molecule has 0 saturated heterocycles. The van der Waals surface area contributed by atoms with Gasteiger partial charge < -0.3 is 10.2 Å². The second-order valence-corrected chi connectivity index (χ2v) is 9.64. The van der Waals surface area contributed by atoms with Gasteiger partial charge >= 0.3 is 0 Å². The molecular weight excluding hydrogens is 442 g/mol. The zero-order valence-corrected chi connectivity index (χ0v) is 19.7. The molecule has 3 rings (SSSR count). The highest BCUT2D eigenvalue weighted by molar-refractivity contribution is 7.90. The highest BCUT2D eigenvalue weighted by Gasteiger charge is 2.40. The number of fused-ring (bicyclic) bond motifs is 1. The van der Waals surface area contributed by atoms with Crippen molar-refractivity contribution in [3.05, 3.63) is 65.7 Å². The maximum Gasteiger partial charge on any atom is 0.269 e. The molecule has 176 valence electrons. The highest BCUT2D eigenvalue weighted by atomic mass is 32.2. The lowest BCUT2D eigenvalue weighted by Crippen LogP contribution is -2.49. The van der Waals surface area contributed by atoms with Crippen molar-refractivity contribution in [2.24, 2.45) is 0 Å². The molecule has 3 amide bonds. The third-order valence-corrected chi connectivity index (χ3v) is 7.44. The molecule has 2 aromatic rings. The van der Waals surface area contributed by atoms with E-state index in [2.05, 4.69) is 5.32 Å². The monoisotopic (exact) mass is 471 g/mol. The quantitative estimate of drug-likeness (QED) is 0.574. The summed E-state index contributed by atoms with van der Waals surface area (Å²) in [6.45, 7) is 4.29. The molecular formula is C24H29N3O5S. The van der Waals surface area contributed by atoms with Crippen LogP contribution in [0.1, 0.15) is 49.0 Å². The lowest BCUT2D eigenvalue weighted by molar-refractivity contribution is -0.141. The topological polar surface area (TPSA) is 104 Å². The van der Waals surface area contributed by atoms with E-state index in [9.17, 15) is 22.8 Å². The van der Waals surface area contributed by atoms with Crippen LogP contribution in [0.4, 0.5) is 0 Å². The van der Waals surface area contributed by atoms with Crippen LogP contribution in [0.15, 0.2) is 59.5 Å². The van der Waals surface area contributed by atoms with Crippen LogP contribution in [-0.4, -0.2) is 54.5 Å². The molecule has 0 spiro atoms. The first-order chi connectivity index (χ1) is 15.8. The van der Waals surface area contributed by atoms with Gasteiger partial charge in [-0.2, -0.15) is 0 Å². The number of benzene rings is 2. The van der Waals surface area contributed by atoms with Gasteiger partial charge in [0.25, 0.3) is 15.9 Å². The Morgan fingerprint density at radius 2 is 1.70 bits per heavy atom. The van der Waals surface area contributed by atoms with Crippen molar-refractivity contribution < 1.29 is 22.8 Å². The Kier molecular flexibility index (Phi) is 7.86. The molecule has 0 aliphatic carbocycles. The molecule has 9 heteroatoms. The maximum atomic E-state index is 13.2. The van der Waals surface area contributed by atoms with Crippen molar-refractivity contribution in [3.63, 3.8) is 0 Å². The van der Waals surface area contributed by atoms with Crippen LogP contribution >= 0.6 is 0 Å². The number of carbonyl (C=O) groups excluding carboxylic acids is 3. The van der Waals surface area contributed by atoms with Crippen LogP contribution < -0.4 is 5.32 Å². The van der Waals surface area contributed by atoms with E-state index in [0.29, 0.717) is 13.0 Å². The number of carbonyl (C=O) groups is 3. The van der Waals surface area contributed by atoms with Crippen LogP contribution in [-0.2, 0) is 26.2 Å². The molecule has 0 saturated carbocycles. The average Bonchev–Trinajstić information content (AvgIpc) is 3.00. The zero-order valence-electron chi connectivity index (χ0n) is 18.9. The normalized spacial score (nSPS) is 15.1. The fourth-order valence-corrected chi connectivity index (χ4v) is 5.57. The fourth-order valence-electron chi connectivity index (χ4n) is 3.96. The Labute approximate surface area is 194 Å². The first-order valence-electron chi connectivity index (χ1n) is 11.1. The average molecular weight is 472 g/mol. The molecule has 33 heavy (non-hydrogen) atoms. The van der Waals surface area contributed by atoms with Crippen molar-refractivity contribution in [2.75, 3.05) is 13.1 Å². The Morgan fingerprint density at radius 1 is 1.03 bits per heavy atom. The standard InChI is InChI=1S/C24H29N3O5S/c1-3-20(23(29)25-4-2)26(17-18-11-6-5-7-12-18)22(28)15-10-16-27-24(30)19-13-8-9-14-21(19)33(27,31)32/h5-9,11-14,20H,3-4,10,15-17H2,1-2H3,(H,25,29)/t20-/m0/s1. The van der Waals surface area contributed by atoms with E-state index in [4.69, 9.17) is 0 Å². The van der Waals surface area contributed by atoms with Crippen molar-refractivity contribution in [1.82, 2.24) is 14.5 Å². The van der Waals surface area contributed by atoms with Gasteiger partial charge in [0, 0.05) is 26.1 Å². The van der Waals surface area contributed by atoms with Gasteiger partial charge in [-0.3, -0.25) is 14.4 Å². The summed E-state index contributed by atoms with van der Waals surface area (Å²) in [5.41, 5.74) is 1.04. The second-order valence-electron chi connectivity index (χ2n) is 7.81. The van der Waals surface area contributed by atoms with Gasteiger partial charge in [-0.15, -0.1) is 0 Å². The molecule has 0 radical (unpaired) electrons. The van der Waals surface area contributed by atoms with Crippen LogP contribution in [0, 0.1) is 0 Å². The summed E-state index contributed by atoms with van der Waals surface area (Å²) in [5, 5.41) is 2.78. The molecule has 1 N–H and O–H groups in total. The van der Waals surface area contributed by atoms with E-state index in [1.807, 2.05) is 44.2 Å². The molecule has 0 fully saturated rings. The minimum Gasteiger partial charge on any atom is -0.355 e. The molecule has 2 aromatic carbocycles. The van der Waals surface area contributed by atoms with Gasteiger partial charge in [0.15, 0.2) is 0 Å². The third kappa shape index (κ3) is 5.24. The summed E-state index contributed by atoms with van der Waals surface area (Å²) in [6.07, 6.45) is 0.617. The molecule has 0 bridgehead atoms. The van der Waals surface area contributed by atoms with Crippen molar-refractivity contribution >= 4 is 27.7 Å². The Morgan fingerprint density at radius 3 is 2.33 bits per heavy atom. The van der Waals surface area contributed by atoms with Crippen molar-refractivity contribution in [1.29, 1.82) is 0 Å². The Hall–Kier alpha value is -3.20. The van der Waals surface area contributed by atoms with E-state index >= 15 is 0 Å². The molecule has 1 heterocycles. The summed E-state index contributed by atoms with van der Waals surface area (Å²) in [6, 6.07) is 14.8. The first kappa shape index (κ1) is 24.4. The largest absolute Gasteiger partial charge is 0.355 e. The molecule has 1 atom stereocenters. The van der Waals surface area contributed by atoms with E-state index in [1.165, 1.54) is 17.0 Å². The zero-order chi connectivity index (χ0) is 24.0. The number of likely N-dealkylation sites (N-methyl/N-ethyl adjacent to an activating group) is 1. The number of nitrogens with zero attached hydrogens (tertiary/aromatic N) is 2. The van der Waals surface area contributed by atoms with Crippen molar-refractivity contribution in [2.45, 2.75) is 50.6 Å². The van der Waals surface area contributed by atoms with Crippen molar-refractivity contribution in [3.8, 4) is 0 Å². The fraction of sp³-hybridized carbons (Fsp3) is 0.375. The number of sulfonamides is 1. The Bertz CT molecular complexity index is 1120. The molecule has 8 nitrogen and oxygen atoms in total. The van der Waals surface area contributed by atoms with Crippen LogP contribution in [0.25, 0.3) is 0 Å². The van der Waals surface area contributed by atoms with E-state index in [-0.39, 0.29) is 48.2 Å². The van der Waals surface area contributed by atoms with Gasteiger partial charge in [-0.25, -0.2) is 12.7 Å². The summed E-state index contributed by atoms with van der Waals surface area (Å²) in [4.78, 5) is 39.9. The van der Waals surface area contributed by atoms with Gasteiger partial charge in [0.05, 0.1) is 5.56 Å². The highest BCUT2D eigenvalue weighted by Crippen LogP contribution is 2.30. The minimum absolute atomic E-state index is 0.00526. The van der Waals surface area contributed by atoms with E-state index in [0.717, 1.165) is 9.87 Å². The summed E-state index contributed by atoms with van der Waals surface area (Å²) in [7, 11) is -3.91. The molecule has 1 aliphatic heterocycles. The molecule has 0 aromatic heterocycles. The number of hydrogen-bond acceptors (Lipinski definition) is 5. The molecule has 0 unspecified atom stereocenters. The number of amides is 3. The van der Waals surface area contributed by atoms with Gasteiger partial charge in [-0.05, 0) is 37.5 Å². The van der Waals surface area contributed by atoms with E-state index < -0.39 is 22.0 Å². The smallest absolute Gasteiger partial charge is 0.269 e. The predicted octanol–water partition coefficient (Wildman–Crippen LogP) is 2.55. The van der Waals surface area contributed by atoms with Gasteiger partial charge in [0.1, 0.15) is 10.9 Å². The number of nitrogens with one attached hydrogen (secondary N) is 1. The third-order valence-electron chi connectivity index (χ3n) is 5.60. The Balaban J connectivity index is 1.72. The van der Waals surface area contributed by atoms with Gasteiger partial charge in [-0.1, -0.05) is 49.4 Å².